The van der Waals surface area contributed by atoms with Crippen LogP contribution in [0.3, 0.4) is 0 Å². The van der Waals surface area contributed by atoms with E-state index < -0.39 is 0 Å². The molecule has 0 aromatic carbocycles. The normalized spacial score (nSPS) is 13.6. The first-order chi connectivity index (χ1) is 4.41. The van der Waals surface area contributed by atoms with Crippen LogP contribution in [-0.4, -0.2) is 36.3 Å². The van der Waals surface area contributed by atoms with Crippen molar-refractivity contribution in [2.24, 2.45) is 0 Å². The van der Waals surface area contributed by atoms with Crippen molar-refractivity contribution >= 4 is 23.1 Å². The molecule has 1 fully saturated rings. The molecule has 1 aliphatic rings. The second-order valence-corrected chi connectivity index (χ2v) is 2.17. The number of unbranched alkanes of at least 4 members (excludes halogenated alkanes) is 1. The van der Waals surface area contributed by atoms with Crippen molar-refractivity contribution in [3.05, 3.63) is 6.92 Å². The van der Waals surface area contributed by atoms with Gasteiger partial charge in [0.15, 0.2) is 0 Å². The molecule has 1 saturated heterocycles. The number of ether oxygens (including phenoxy) is 1. The third kappa shape index (κ3) is 18.3. The molecule has 0 bridgehead atoms. The molecule has 1 aliphatic heterocycles. The topological polar surface area (TPSA) is 9.23 Å². The molecule has 1 nitrogen and oxygen atoms in total. The van der Waals surface area contributed by atoms with Gasteiger partial charge in [0.2, 0.25) is 0 Å². The van der Waals surface area contributed by atoms with Gasteiger partial charge in [-0.25, -0.2) is 0 Å². The molecule has 1 heterocycles. The van der Waals surface area contributed by atoms with Crippen molar-refractivity contribution in [3.63, 3.8) is 0 Å². The summed E-state index contributed by atoms with van der Waals surface area (Å²) in [5.41, 5.74) is 0. The summed E-state index contributed by atoms with van der Waals surface area (Å²) >= 11 is 0. The van der Waals surface area contributed by atoms with Crippen LogP contribution in [-0.2, 0) is 4.74 Å². The Hall–Kier alpha value is 1.21. The molecule has 0 aromatic heterocycles. The second kappa shape index (κ2) is 17.3. The summed E-state index contributed by atoms with van der Waals surface area (Å²) in [6, 6.07) is 0. The van der Waals surface area contributed by atoms with E-state index in [1.54, 1.807) is 0 Å². The predicted octanol–water partition coefficient (Wildman–Crippen LogP) is -0.959. The van der Waals surface area contributed by atoms with Gasteiger partial charge in [0.25, 0.3) is 0 Å². The van der Waals surface area contributed by atoms with Crippen molar-refractivity contribution in [1.29, 1.82) is 0 Å². The summed E-state index contributed by atoms with van der Waals surface area (Å²) in [7, 11) is 0. The van der Waals surface area contributed by atoms with Gasteiger partial charge < -0.3 is 28.6 Å². The van der Waals surface area contributed by atoms with Crippen LogP contribution in [0.25, 0.3) is 0 Å². The van der Waals surface area contributed by atoms with Crippen LogP contribution in [0.5, 0.6) is 0 Å². The van der Waals surface area contributed by atoms with Gasteiger partial charge in [0.05, 0.1) is 0 Å². The summed E-state index contributed by atoms with van der Waals surface area (Å²) in [4.78, 5) is 0. The average Bonchev–Trinajstić information content (AvgIpc) is 2.43. The first kappa shape index (κ1) is 18.1. The average molecular weight is 233 g/mol. The SMILES string of the molecule is C1CCOC1.[Br-].[CH2-]CCC.[Mg+2]. The monoisotopic (exact) mass is 232 g/mol. The third-order valence-corrected chi connectivity index (χ3v) is 1.18. The van der Waals surface area contributed by atoms with Crippen molar-refractivity contribution in [2.45, 2.75) is 32.6 Å². The Labute approximate surface area is 97.2 Å². The van der Waals surface area contributed by atoms with E-state index in [1.807, 2.05) is 0 Å². The van der Waals surface area contributed by atoms with Crippen molar-refractivity contribution in [3.8, 4) is 0 Å². The fraction of sp³-hybridized carbons (Fsp3) is 0.875. The molecule has 0 saturated carbocycles. The van der Waals surface area contributed by atoms with E-state index in [2.05, 4.69) is 13.8 Å². The van der Waals surface area contributed by atoms with E-state index in [0.717, 1.165) is 19.6 Å². The summed E-state index contributed by atoms with van der Waals surface area (Å²) in [5, 5.41) is 0. The van der Waals surface area contributed by atoms with Crippen molar-refractivity contribution in [1.82, 2.24) is 0 Å². The largest absolute Gasteiger partial charge is 2.00 e. The van der Waals surface area contributed by atoms with Crippen LogP contribution >= 0.6 is 0 Å². The predicted molar refractivity (Wildman–Crippen MR) is 46.1 cm³/mol. The minimum Gasteiger partial charge on any atom is -1.00 e. The van der Waals surface area contributed by atoms with Crippen LogP contribution in [0, 0.1) is 6.92 Å². The molecule has 11 heavy (non-hydrogen) atoms. The maximum atomic E-state index is 4.94. The van der Waals surface area contributed by atoms with Gasteiger partial charge in [-0.1, -0.05) is 13.3 Å². The van der Waals surface area contributed by atoms with Gasteiger partial charge in [0, 0.05) is 13.2 Å². The molecule has 1 rings (SSSR count). The van der Waals surface area contributed by atoms with Gasteiger partial charge >= 0.3 is 23.1 Å². The molecule has 0 amide bonds. The Morgan fingerprint density at radius 3 is 1.73 bits per heavy atom. The minimum absolute atomic E-state index is 0. The zero-order chi connectivity index (χ0) is 6.95. The third-order valence-electron chi connectivity index (χ3n) is 1.18. The van der Waals surface area contributed by atoms with Crippen LogP contribution in [0.1, 0.15) is 32.6 Å². The fourth-order valence-electron chi connectivity index (χ4n) is 0.510. The van der Waals surface area contributed by atoms with Crippen LogP contribution in [0.2, 0.25) is 0 Å². The zero-order valence-corrected chi connectivity index (χ0v) is 10.4. The number of rotatable bonds is 1. The van der Waals surface area contributed by atoms with Gasteiger partial charge in [0.1, 0.15) is 0 Å². The van der Waals surface area contributed by atoms with Crippen LogP contribution < -0.4 is 17.0 Å². The summed E-state index contributed by atoms with van der Waals surface area (Å²) in [5.74, 6) is 0. The maximum Gasteiger partial charge on any atom is 2.00 e. The molecule has 0 aromatic rings. The smallest absolute Gasteiger partial charge is 1.00 e. The molecule has 3 heteroatoms. The van der Waals surface area contributed by atoms with Gasteiger partial charge in [-0.3, -0.25) is 0 Å². The Bertz CT molecular complexity index is 39.7. The summed E-state index contributed by atoms with van der Waals surface area (Å²) < 4.78 is 4.94. The Kier molecular flexibility index (Phi) is 28.5. The first-order valence-corrected chi connectivity index (χ1v) is 3.78. The second-order valence-electron chi connectivity index (χ2n) is 2.17. The molecule has 64 valence electrons. The summed E-state index contributed by atoms with van der Waals surface area (Å²) in [6.45, 7) is 7.72. The Morgan fingerprint density at radius 2 is 1.64 bits per heavy atom. The molecule has 0 radical (unpaired) electrons. The van der Waals surface area contributed by atoms with Gasteiger partial charge in [-0.15, -0.1) is 0 Å². The summed E-state index contributed by atoms with van der Waals surface area (Å²) in [6.07, 6.45) is 4.83. The molecule has 0 N–H and O–H groups in total. The molecule has 0 aliphatic carbocycles. The first-order valence-electron chi connectivity index (χ1n) is 3.78. The quantitative estimate of drug-likeness (QED) is 0.419. The van der Waals surface area contributed by atoms with E-state index in [1.165, 1.54) is 19.3 Å². The molecule has 0 spiro atoms. The number of halogens is 1. The Balaban J connectivity index is -0.000000101. The van der Waals surface area contributed by atoms with E-state index in [9.17, 15) is 0 Å². The maximum absolute atomic E-state index is 4.94. The number of hydrogen-bond donors (Lipinski definition) is 0. The minimum atomic E-state index is 0. The van der Waals surface area contributed by atoms with E-state index in [4.69, 9.17) is 4.74 Å². The molecule has 0 unspecified atom stereocenters. The Morgan fingerprint density at radius 1 is 1.27 bits per heavy atom. The number of hydrogen-bond acceptors (Lipinski definition) is 1. The molecular weight excluding hydrogens is 216 g/mol. The van der Waals surface area contributed by atoms with Crippen LogP contribution in [0.15, 0.2) is 0 Å². The van der Waals surface area contributed by atoms with Gasteiger partial charge in [-0.2, -0.15) is 6.42 Å². The molecular formula is C8H17BrMgO. The van der Waals surface area contributed by atoms with E-state index in [-0.39, 0.29) is 40.0 Å². The van der Waals surface area contributed by atoms with E-state index >= 15 is 0 Å². The zero-order valence-electron chi connectivity index (χ0n) is 7.44. The fourth-order valence-corrected chi connectivity index (χ4v) is 0.510. The molecule has 0 atom stereocenters. The van der Waals surface area contributed by atoms with Gasteiger partial charge in [-0.05, 0) is 12.8 Å². The standard InChI is InChI=1S/C4H8O.C4H9.BrH.Mg/c1-2-4-5-3-1;1-3-4-2;;/h1-4H2;1,3-4H2,2H3;1H;/q;-1;;+2/p-1. The van der Waals surface area contributed by atoms with E-state index in [0.29, 0.717) is 0 Å². The van der Waals surface area contributed by atoms with Crippen molar-refractivity contribution in [2.75, 3.05) is 13.2 Å². The van der Waals surface area contributed by atoms with Crippen LogP contribution in [0.4, 0.5) is 0 Å². The van der Waals surface area contributed by atoms with Crippen molar-refractivity contribution < 1.29 is 21.7 Å².